The van der Waals surface area contributed by atoms with Crippen molar-refractivity contribution in [2.75, 3.05) is 18.4 Å². The van der Waals surface area contributed by atoms with Gasteiger partial charge in [-0.25, -0.2) is 4.98 Å². The van der Waals surface area contributed by atoms with Gasteiger partial charge in [0.05, 0.1) is 11.6 Å². The molecule has 0 aromatic carbocycles. The number of likely N-dealkylation sites (N-methyl/N-ethyl adjacent to an activating group) is 1. The molecule has 1 fully saturated rings. The molecule has 120 valence electrons. The minimum absolute atomic E-state index is 0.626. The maximum atomic E-state index is 6.31. The Balaban J connectivity index is 1.75. The average molecular weight is 329 g/mol. The summed E-state index contributed by atoms with van der Waals surface area (Å²) in [6, 6.07) is 6.14. The van der Waals surface area contributed by atoms with Crippen LogP contribution >= 0.6 is 11.6 Å². The molecule has 0 saturated heterocycles. The van der Waals surface area contributed by atoms with E-state index in [0.717, 1.165) is 29.2 Å². The van der Waals surface area contributed by atoms with Crippen molar-refractivity contribution < 1.29 is 0 Å². The number of nitrogens with zero attached hydrogens (tertiary/aromatic N) is 2. The second-order valence-electron chi connectivity index (χ2n) is 5.78. The summed E-state index contributed by atoms with van der Waals surface area (Å²) in [5.74, 6) is 1.43. The van der Waals surface area contributed by atoms with E-state index in [0.29, 0.717) is 17.5 Å². The molecule has 3 rings (SSSR count). The Morgan fingerprint density at radius 1 is 1.30 bits per heavy atom. The maximum absolute atomic E-state index is 6.31. The zero-order valence-electron chi connectivity index (χ0n) is 13.3. The van der Waals surface area contributed by atoms with Gasteiger partial charge in [-0.15, -0.1) is 0 Å². The van der Waals surface area contributed by atoms with Crippen molar-refractivity contribution in [1.82, 2.24) is 15.3 Å². The van der Waals surface area contributed by atoms with Gasteiger partial charge in [0, 0.05) is 47.4 Å². The molecule has 0 amide bonds. The molecule has 2 aromatic rings. The van der Waals surface area contributed by atoms with Gasteiger partial charge >= 0.3 is 0 Å². The van der Waals surface area contributed by atoms with Crippen LogP contribution in [0.25, 0.3) is 11.1 Å². The molecule has 2 N–H and O–H groups in total. The van der Waals surface area contributed by atoms with Gasteiger partial charge in [-0.1, -0.05) is 24.2 Å². The number of hydrogen-bond acceptors (Lipinski definition) is 4. The highest BCUT2D eigenvalue weighted by Gasteiger charge is 2.24. The molecular formula is C18H21ClN4. The van der Waals surface area contributed by atoms with Crippen molar-refractivity contribution in [2.24, 2.45) is 0 Å². The summed E-state index contributed by atoms with van der Waals surface area (Å²) in [6.07, 6.45) is 6.08. The van der Waals surface area contributed by atoms with Gasteiger partial charge in [0.15, 0.2) is 0 Å². The predicted octanol–water partition coefficient (Wildman–Crippen LogP) is 4.21. The first-order valence-corrected chi connectivity index (χ1v) is 8.32. The SMILES string of the molecule is C=C(CNc1cc(-c2ccc(C3CC3)nc2)c(Cl)cn1)NCC. The van der Waals surface area contributed by atoms with E-state index >= 15 is 0 Å². The Morgan fingerprint density at radius 3 is 2.78 bits per heavy atom. The number of rotatable bonds is 7. The van der Waals surface area contributed by atoms with Crippen LogP contribution in [-0.4, -0.2) is 23.1 Å². The van der Waals surface area contributed by atoms with Crippen LogP contribution in [0.3, 0.4) is 0 Å². The van der Waals surface area contributed by atoms with E-state index in [1.807, 2.05) is 19.2 Å². The minimum atomic E-state index is 0.626. The highest BCUT2D eigenvalue weighted by molar-refractivity contribution is 6.33. The Morgan fingerprint density at radius 2 is 2.13 bits per heavy atom. The van der Waals surface area contributed by atoms with Crippen LogP contribution in [0, 0.1) is 0 Å². The van der Waals surface area contributed by atoms with Crippen molar-refractivity contribution in [1.29, 1.82) is 0 Å². The van der Waals surface area contributed by atoms with Gasteiger partial charge in [-0.3, -0.25) is 4.98 Å². The Bertz CT molecular complexity index is 693. The molecule has 0 spiro atoms. The summed E-state index contributed by atoms with van der Waals surface area (Å²) in [7, 11) is 0. The summed E-state index contributed by atoms with van der Waals surface area (Å²) < 4.78 is 0. The highest BCUT2D eigenvalue weighted by Crippen LogP contribution is 2.39. The quantitative estimate of drug-likeness (QED) is 0.799. The molecule has 0 aliphatic heterocycles. The molecule has 1 aliphatic carbocycles. The van der Waals surface area contributed by atoms with Crippen LogP contribution in [0.4, 0.5) is 5.82 Å². The predicted molar refractivity (Wildman–Crippen MR) is 95.8 cm³/mol. The molecule has 0 unspecified atom stereocenters. The summed E-state index contributed by atoms with van der Waals surface area (Å²) in [6.45, 7) is 7.48. The molecule has 2 aromatic heterocycles. The lowest BCUT2D eigenvalue weighted by molar-refractivity contribution is 0.839. The second-order valence-corrected chi connectivity index (χ2v) is 6.19. The van der Waals surface area contributed by atoms with Crippen LogP contribution < -0.4 is 10.6 Å². The van der Waals surface area contributed by atoms with Crippen molar-refractivity contribution in [3.05, 3.63) is 53.6 Å². The van der Waals surface area contributed by atoms with Crippen LogP contribution in [0.15, 0.2) is 42.9 Å². The van der Waals surface area contributed by atoms with E-state index < -0.39 is 0 Å². The number of nitrogens with one attached hydrogen (secondary N) is 2. The van der Waals surface area contributed by atoms with E-state index in [1.54, 1.807) is 6.20 Å². The number of aromatic nitrogens is 2. The summed E-state index contributed by atoms with van der Waals surface area (Å²) in [4.78, 5) is 8.88. The van der Waals surface area contributed by atoms with Crippen molar-refractivity contribution in [3.8, 4) is 11.1 Å². The fourth-order valence-electron chi connectivity index (χ4n) is 2.45. The summed E-state index contributed by atoms with van der Waals surface area (Å²) in [5.41, 5.74) is 4.06. The molecule has 1 saturated carbocycles. The number of hydrogen-bond donors (Lipinski definition) is 2. The smallest absolute Gasteiger partial charge is 0.126 e. The molecule has 0 bridgehead atoms. The van der Waals surface area contributed by atoms with Crippen LogP contribution in [0.1, 0.15) is 31.4 Å². The van der Waals surface area contributed by atoms with Crippen LogP contribution in [-0.2, 0) is 0 Å². The van der Waals surface area contributed by atoms with Crippen molar-refractivity contribution in [2.45, 2.75) is 25.7 Å². The summed E-state index contributed by atoms with van der Waals surface area (Å²) >= 11 is 6.31. The molecule has 0 atom stereocenters. The van der Waals surface area contributed by atoms with Crippen LogP contribution in [0.2, 0.25) is 5.02 Å². The van der Waals surface area contributed by atoms with Crippen molar-refractivity contribution >= 4 is 17.4 Å². The normalized spacial score (nSPS) is 13.7. The van der Waals surface area contributed by atoms with Crippen LogP contribution in [0.5, 0.6) is 0 Å². The molecular weight excluding hydrogens is 308 g/mol. The third-order valence-electron chi connectivity index (χ3n) is 3.86. The third kappa shape index (κ3) is 4.02. The molecule has 2 heterocycles. The Kier molecular flexibility index (Phi) is 4.82. The lowest BCUT2D eigenvalue weighted by atomic mass is 10.1. The average Bonchev–Trinajstić information content (AvgIpc) is 3.40. The molecule has 5 heteroatoms. The first-order chi connectivity index (χ1) is 11.2. The monoisotopic (exact) mass is 328 g/mol. The molecule has 23 heavy (non-hydrogen) atoms. The highest BCUT2D eigenvalue weighted by atomic mass is 35.5. The van der Waals surface area contributed by atoms with Gasteiger partial charge in [0.2, 0.25) is 0 Å². The first kappa shape index (κ1) is 15.8. The van der Waals surface area contributed by atoms with E-state index in [4.69, 9.17) is 11.6 Å². The third-order valence-corrected chi connectivity index (χ3v) is 4.16. The van der Waals surface area contributed by atoms with Gasteiger partial charge in [-0.2, -0.15) is 0 Å². The minimum Gasteiger partial charge on any atom is -0.388 e. The lowest BCUT2D eigenvalue weighted by Crippen LogP contribution is -2.18. The van der Waals surface area contributed by atoms with Crippen molar-refractivity contribution in [3.63, 3.8) is 0 Å². The van der Waals surface area contributed by atoms with Gasteiger partial charge in [0.1, 0.15) is 5.82 Å². The maximum Gasteiger partial charge on any atom is 0.126 e. The molecule has 4 nitrogen and oxygen atoms in total. The Hall–Kier alpha value is -2.07. The van der Waals surface area contributed by atoms with E-state index in [-0.39, 0.29) is 0 Å². The fraction of sp³-hybridized carbons (Fsp3) is 0.333. The first-order valence-electron chi connectivity index (χ1n) is 7.94. The largest absolute Gasteiger partial charge is 0.388 e. The van der Waals surface area contributed by atoms with E-state index in [1.165, 1.54) is 18.5 Å². The zero-order valence-corrected chi connectivity index (χ0v) is 14.0. The number of pyridine rings is 2. The van der Waals surface area contributed by atoms with E-state index in [2.05, 4.69) is 39.3 Å². The molecule has 0 radical (unpaired) electrons. The van der Waals surface area contributed by atoms with Gasteiger partial charge in [0.25, 0.3) is 0 Å². The Labute approximate surface area is 142 Å². The summed E-state index contributed by atoms with van der Waals surface area (Å²) in [5, 5.41) is 7.06. The van der Waals surface area contributed by atoms with E-state index in [9.17, 15) is 0 Å². The fourth-order valence-corrected chi connectivity index (χ4v) is 2.66. The standard InChI is InChI=1S/C18H21ClN4/c1-3-20-12(2)9-22-18-8-15(16(19)11-23-18)14-6-7-17(21-10-14)13-4-5-13/h6-8,10-11,13,20H,2-5,9H2,1H3,(H,22,23). The number of halogens is 1. The topological polar surface area (TPSA) is 49.8 Å². The number of anilines is 1. The van der Waals surface area contributed by atoms with Gasteiger partial charge < -0.3 is 10.6 Å². The zero-order chi connectivity index (χ0) is 16.2. The van der Waals surface area contributed by atoms with Gasteiger partial charge in [-0.05, 0) is 31.9 Å². The second kappa shape index (κ2) is 7.01. The lowest BCUT2D eigenvalue weighted by Gasteiger charge is -2.11. The molecule has 1 aliphatic rings.